The molecule has 0 saturated carbocycles. The minimum Gasteiger partial charge on any atom is -0.325 e. The van der Waals surface area contributed by atoms with Crippen LogP contribution in [0.2, 0.25) is 0 Å². The molecule has 1 amide bonds. The second-order valence-corrected chi connectivity index (χ2v) is 7.57. The van der Waals surface area contributed by atoms with Gasteiger partial charge in [-0.3, -0.25) is 4.79 Å². The van der Waals surface area contributed by atoms with Crippen molar-refractivity contribution in [1.82, 2.24) is 0 Å². The van der Waals surface area contributed by atoms with Gasteiger partial charge in [-0.25, -0.2) is 8.42 Å². The zero-order chi connectivity index (χ0) is 15.9. The van der Waals surface area contributed by atoms with E-state index >= 15 is 0 Å². The average molecular weight is 312 g/mol. The van der Waals surface area contributed by atoms with E-state index in [1.165, 1.54) is 5.56 Å². The van der Waals surface area contributed by atoms with Crippen molar-refractivity contribution in [2.45, 2.75) is 38.6 Å². The van der Waals surface area contributed by atoms with Crippen molar-refractivity contribution >= 4 is 21.4 Å². The summed E-state index contributed by atoms with van der Waals surface area (Å²) in [5, 5.41) is 2.70. The molecule has 1 atom stereocenters. The van der Waals surface area contributed by atoms with E-state index in [1.54, 1.807) is 0 Å². The van der Waals surface area contributed by atoms with Gasteiger partial charge in [-0.2, -0.15) is 0 Å². The van der Waals surface area contributed by atoms with Crippen molar-refractivity contribution in [2.75, 3.05) is 17.3 Å². The van der Waals surface area contributed by atoms with Crippen LogP contribution in [-0.2, 0) is 21.1 Å². The Balaban J connectivity index is 2.50. The normalized spacial score (nSPS) is 12.9. The Labute approximate surface area is 126 Å². The van der Waals surface area contributed by atoms with Gasteiger partial charge in [-0.05, 0) is 37.0 Å². The van der Waals surface area contributed by atoms with Crippen LogP contribution in [0.3, 0.4) is 0 Å². The predicted octanol–water partition coefficient (Wildman–Crippen LogP) is 1.73. The summed E-state index contributed by atoms with van der Waals surface area (Å²) in [6.45, 7) is 2.15. The van der Waals surface area contributed by atoms with Gasteiger partial charge in [0, 0.05) is 11.9 Å². The standard InChI is InChI=1S/C15H24N2O3S/c1-3-4-5-12-6-8-13(9-7-12)17-15(18)14(16)10-11-21(2,19)20/h6-9,14H,3-5,10-11,16H2,1-2H3,(H,17,18). The van der Waals surface area contributed by atoms with Crippen molar-refractivity contribution in [3.05, 3.63) is 29.8 Å². The van der Waals surface area contributed by atoms with Gasteiger partial charge in [0.2, 0.25) is 5.91 Å². The molecule has 0 aromatic heterocycles. The Bertz CT molecular complexity index is 553. The minimum atomic E-state index is -3.10. The lowest BCUT2D eigenvalue weighted by atomic mass is 10.1. The molecule has 21 heavy (non-hydrogen) atoms. The van der Waals surface area contributed by atoms with E-state index in [1.807, 2.05) is 24.3 Å². The van der Waals surface area contributed by atoms with E-state index in [9.17, 15) is 13.2 Å². The van der Waals surface area contributed by atoms with Crippen molar-refractivity contribution < 1.29 is 13.2 Å². The second-order valence-electron chi connectivity index (χ2n) is 5.31. The number of nitrogens with two attached hydrogens (primary N) is 1. The first-order chi connectivity index (χ1) is 9.81. The number of sulfone groups is 1. The first kappa shape index (κ1) is 17.7. The zero-order valence-electron chi connectivity index (χ0n) is 12.6. The first-order valence-corrected chi connectivity index (χ1v) is 9.21. The molecule has 1 unspecified atom stereocenters. The summed E-state index contributed by atoms with van der Waals surface area (Å²) in [7, 11) is -3.10. The number of anilines is 1. The summed E-state index contributed by atoms with van der Waals surface area (Å²) in [5.41, 5.74) is 7.60. The first-order valence-electron chi connectivity index (χ1n) is 7.15. The van der Waals surface area contributed by atoms with Crippen LogP contribution in [0.25, 0.3) is 0 Å². The number of benzene rings is 1. The van der Waals surface area contributed by atoms with E-state index in [4.69, 9.17) is 5.73 Å². The number of carbonyl (C=O) groups is 1. The van der Waals surface area contributed by atoms with Crippen LogP contribution in [0, 0.1) is 0 Å². The predicted molar refractivity (Wildman–Crippen MR) is 86.0 cm³/mol. The largest absolute Gasteiger partial charge is 0.325 e. The van der Waals surface area contributed by atoms with Crippen LogP contribution in [0.5, 0.6) is 0 Å². The smallest absolute Gasteiger partial charge is 0.241 e. The van der Waals surface area contributed by atoms with E-state index in [0.717, 1.165) is 25.5 Å². The average Bonchev–Trinajstić information content (AvgIpc) is 2.43. The molecule has 6 heteroatoms. The summed E-state index contributed by atoms with van der Waals surface area (Å²) in [6, 6.07) is 6.82. The molecule has 1 rings (SSSR count). The highest BCUT2D eigenvalue weighted by Gasteiger charge is 2.16. The number of carbonyl (C=O) groups excluding carboxylic acids is 1. The van der Waals surface area contributed by atoms with E-state index < -0.39 is 15.9 Å². The molecular weight excluding hydrogens is 288 g/mol. The second kappa shape index (κ2) is 8.14. The van der Waals surface area contributed by atoms with Crippen LogP contribution < -0.4 is 11.1 Å². The third-order valence-corrected chi connectivity index (χ3v) is 4.15. The zero-order valence-corrected chi connectivity index (χ0v) is 13.4. The molecule has 3 N–H and O–H groups in total. The number of rotatable bonds is 8. The Morgan fingerprint density at radius 1 is 1.29 bits per heavy atom. The van der Waals surface area contributed by atoms with Gasteiger partial charge in [0.1, 0.15) is 9.84 Å². The van der Waals surface area contributed by atoms with Crippen LogP contribution >= 0.6 is 0 Å². The molecule has 0 aliphatic carbocycles. The van der Waals surface area contributed by atoms with Crippen molar-refractivity contribution in [3.8, 4) is 0 Å². The molecule has 0 spiro atoms. The maximum atomic E-state index is 11.9. The van der Waals surface area contributed by atoms with Crippen molar-refractivity contribution in [1.29, 1.82) is 0 Å². The number of amides is 1. The quantitative estimate of drug-likeness (QED) is 0.765. The van der Waals surface area contributed by atoms with E-state index in [2.05, 4.69) is 12.2 Å². The molecule has 0 aliphatic rings. The van der Waals surface area contributed by atoms with E-state index in [-0.39, 0.29) is 18.1 Å². The van der Waals surface area contributed by atoms with Crippen LogP contribution in [0.15, 0.2) is 24.3 Å². The molecule has 0 bridgehead atoms. The summed E-state index contributed by atoms with van der Waals surface area (Å²) in [5.74, 6) is -0.447. The third kappa shape index (κ3) is 7.24. The van der Waals surface area contributed by atoms with Gasteiger partial charge in [0.05, 0.1) is 11.8 Å². The Morgan fingerprint density at radius 2 is 1.90 bits per heavy atom. The number of hydrogen-bond acceptors (Lipinski definition) is 4. The molecule has 0 heterocycles. The van der Waals surface area contributed by atoms with E-state index in [0.29, 0.717) is 5.69 Å². The minimum absolute atomic E-state index is 0.0858. The summed E-state index contributed by atoms with van der Waals surface area (Å²) in [6.07, 6.45) is 4.57. The fourth-order valence-corrected chi connectivity index (χ4v) is 2.52. The fourth-order valence-electron chi connectivity index (χ4n) is 1.84. The maximum Gasteiger partial charge on any atom is 0.241 e. The highest BCUT2D eigenvalue weighted by molar-refractivity contribution is 7.90. The molecule has 5 nitrogen and oxygen atoms in total. The van der Waals surface area contributed by atoms with Gasteiger partial charge >= 0.3 is 0 Å². The lowest BCUT2D eigenvalue weighted by Gasteiger charge is -2.12. The number of aryl methyl sites for hydroxylation is 1. The van der Waals surface area contributed by atoms with Gasteiger partial charge in [0.15, 0.2) is 0 Å². The van der Waals surface area contributed by atoms with Gasteiger partial charge in [-0.1, -0.05) is 25.5 Å². The van der Waals surface area contributed by atoms with Crippen LogP contribution in [0.4, 0.5) is 5.69 Å². The fraction of sp³-hybridized carbons (Fsp3) is 0.533. The van der Waals surface area contributed by atoms with Crippen molar-refractivity contribution in [3.63, 3.8) is 0 Å². The molecule has 0 fully saturated rings. The van der Waals surface area contributed by atoms with Crippen molar-refractivity contribution in [2.24, 2.45) is 5.73 Å². The lowest BCUT2D eigenvalue weighted by molar-refractivity contribution is -0.117. The Kier molecular flexibility index (Phi) is 6.84. The van der Waals surface area contributed by atoms with Gasteiger partial charge < -0.3 is 11.1 Å². The molecule has 0 aliphatic heterocycles. The van der Waals surface area contributed by atoms with Gasteiger partial charge in [-0.15, -0.1) is 0 Å². The molecule has 1 aromatic rings. The number of nitrogens with one attached hydrogen (secondary N) is 1. The highest BCUT2D eigenvalue weighted by Crippen LogP contribution is 2.12. The lowest BCUT2D eigenvalue weighted by Crippen LogP contribution is -2.37. The number of unbranched alkanes of at least 4 members (excludes halogenated alkanes) is 1. The molecular formula is C15H24N2O3S. The van der Waals surface area contributed by atoms with Crippen LogP contribution in [0.1, 0.15) is 31.7 Å². The third-order valence-electron chi connectivity index (χ3n) is 3.18. The monoisotopic (exact) mass is 312 g/mol. The number of hydrogen-bond donors (Lipinski definition) is 2. The summed E-state index contributed by atoms with van der Waals surface area (Å²) in [4.78, 5) is 11.9. The summed E-state index contributed by atoms with van der Waals surface area (Å²) >= 11 is 0. The molecule has 0 radical (unpaired) electrons. The molecule has 118 valence electrons. The SMILES string of the molecule is CCCCc1ccc(NC(=O)C(N)CCS(C)(=O)=O)cc1. The molecule has 1 aromatic carbocycles. The Morgan fingerprint density at radius 3 is 2.43 bits per heavy atom. The van der Waals surface area contributed by atoms with Gasteiger partial charge in [0.25, 0.3) is 0 Å². The molecule has 0 saturated heterocycles. The maximum absolute atomic E-state index is 11.9. The Hall–Kier alpha value is -1.40. The summed E-state index contributed by atoms with van der Waals surface area (Å²) < 4.78 is 22.1. The highest BCUT2D eigenvalue weighted by atomic mass is 32.2. The topological polar surface area (TPSA) is 89.3 Å². The van der Waals surface area contributed by atoms with Crippen LogP contribution in [-0.4, -0.2) is 32.4 Å².